The largest absolute Gasteiger partial charge is 0.493 e. The fourth-order valence-corrected chi connectivity index (χ4v) is 4.52. The molecule has 1 amide bonds. The van der Waals surface area contributed by atoms with E-state index >= 15 is 0 Å². The van der Waals surface area contributed by atoms with Gasteiger partial charge in [0.05, 0.1) is 12.9 Å². The molecular weight excluding hydrogens is 420 g/mol. The third kappa shape index (κ3) is 5.71. The molecule has 3 rings (SSSR count). The fraction of sp³-hybridized carbons (Fsp3) is 0.273. The molecule has 1 aromatic heterocycles. The number of amides is 1. The first-order valence-electron chi connectivity index (χ1n) is 9.65. The Labute approximate surface area is 180 Å². The molecule has 0 radical (unpaired) electrons. The average molecular weight is 445 g/mol. The van der Waals surface area contributed by atoms with Crippen LogP contribution in [0.1, 0.15) is 35.3 Å². The molecule has 2 aromatic carbocycles. The molecule has 0 bridgehead atoms. The Bertz CT molecular complexity index is 1250. The zero-order chi connectivity index (χ0) is 22.6. The molecular formula is C22H24N2O6S. The number of ether oxygens (including phenoxy) is 1. The molecule has 1 heterocycles. The van der Waals surface area contributed by atoms with Crippen LogP contribution in [0.2, 0.25) is 0 Å². The molecule has 0 aliphatic heterocycles. The minimum Gasteiger partial charge on any atom is -0.493 e. The van der Waals surface area contributed by atoms with Gasteiger partial charge in [0.1, 0.15) is 5.56 Å². The summed E-state index contributed by atoms with van der Waals surface area (Å²) in [5.41, 5.74) is 0.811. The number of hydrogen-bond donors (Lipinski definition) is 2. The third-order valence-corrected chi connectivity index (χ3v) is 5.98. The second-order valence-corrected chi connectivity index (χ2v) is 9.11. The summed E-state index contributed by atoms with van der Waals surface area (Å²) in [6.07, 6.45) is 0. The highest BCUT2D eigenvalue weighted by Crippen LogP contribution is 2.24. The lowest BCUT2D eigenvalue weighted by Gasteiger charge is -2.10. The lowest BCUT2D eigenvalue weighted by Crippen LogP contribution is -2.31. The summed E-state index contributed by atoms with van der Waals surface area (Å²) in [6, 6.07) is 13.3. The van der Waals surface area contributed by atoms with Crippen LogP contribution in [0, 0.1) is 0 Å². The number of methoxy groups -OCH3 is 1. The fourth-order valence-electron chi connectivity index (χ4n) is 3.09. The first kappa shape index (κ1) is 22.5. The summed E-state index contributed by atoms with van der Waals surface area (Å²) in [6.45, 7) is 3.69. The van der Waals surface area contributed by atoms with Crippen LogP contribution >= 0.6 is 0 Å². The van der Waals surface area contributed by atoms with Crippen LogP contribution in [0.3, 0.4) is 0 Å². The van der Waals surface area contributed by atoms with E-state index < -0.39 is 21.6 Å². The van der Waals surface area contributed by atoms with Gasteiger partial charge in [0.2, 0.25) is 10.0 Å². The number of carbonyl (C=O) groups is 1. The Morgan fingerprint density at radius 1 is 1.10 bits per heavy atom. The highest BCUT2D eigenvalue weighted by Gasteiger charge is 2.16. The maximum atomic E-state index is 12.5. The van der Waals surface area contributed by atoms with Gasteiger partial charge in [-0.15, -0.1) is 0 Å². The van der Waals surface area contributed by atoms with Crippen LogP contribution in [0.5, 0.6) is 5.75 Å². The number of benzene rings is 2. The molecule has 2 N–H and O–H groups in total. The normalized spacial score (nSPS) is 11.6. The molecule has 9 heteroatoms. The Morgan fingerprint density at radius 3 is 2.42 bits per heavy atom. The van der Waals surface area contributed by atoms with Gasteiger partial charge in [-0.3, -0.25) is 4.79 Å². The third-order valence-electron chi connectivity index (χ3n) is 4.44. The average Bonchev–Trinajstić information content (AvgIpc) is 2.70. The van der Waals surface area contributed by atoms with Crippen molar-refractivity contribution < 1.29 is 22.4 Å². The van der Waals surface area contributed by atoms with E-state index in [0.717, 1.165) is 5.56 Å². The Kier molecular flexibility index (Phi) is 6.77. The Hall–Kier alpha value is -3.17. The second-order valence-electron chi connectivity index (χ2n) is 7.36. The van der Waals surface area contributed by atoms with Gasteiger partial charge in [-0.05, 0) is 37.1 Å². The molecule has 0 spiro atoms. The molecule has 31 heavy (non-hydrogen) atoms. The lowest BCUT2D eigenvalue weighted by atomic mass is 10.1. The van der Waals surface area contributed by atoms with Crippen molar-refractivity contribution in [3.63, 3.8) is 0 Å². The predicted octanol–water partition coefficient (Wildman–Crippen LogP) is 2.56. The van der Waals surface area contributed by atoms with Crippen molar-refractivity contribution in [1.82, 2.24) is 10.0 Å². The zero-order valence-electron chi connectivity index (χ0n) is 17.5. The maximum absolute atomic E-state index is 12.5. The van der Waals surface area contributed by atoms with Crippen molar-refractivity contribution in [3.8, 4) is 5.75 Å². The first-order valence-corrected chi connectivity index (χ1v) is 11.3. The standard InChI is InChI=1S/C22H24N2O6S/c1-14(2)24-31(27,28)13-16-9-7-15(8-10-16)12-23-21(25)18-11-17-5-4-6-19(29-3)20(17)30-22(18)26/h4-11,14,24H,12-13H2,1-3H3,(H,23,25). The summed E-state index contributed by atoms with van der Waals surface area (Å²) in [4.78, 5) is 24.8. The summed E-state index contributed by atoms with van der Waals surface area (Å²) in [5.74, 6) is -0.280. The number of fused-ring (bicyclic) bond motifs is 1. The van der Waals surface area contributed by atoms with Crippen molar-refractivity contribution in [2.24, 2.45) is 0 Å². The Balaban J connectivity index is 1.68. The van der Waals surface area contributed by atoms with E-state index in [2.05, 4.69) is 10.0 Å². The van der Waals surface area contributed by atoms with Crippen molar-refractivity contribution in [2.45, 2.75) is 32.2 Å². The van der Waals surface area contributed by atoms with Gasteiger partial charge in [0.15, 0.2) is 11.3 Å². The quantitative estimate of drug-likeness (QED) is 0.516. The molecule has 0 aliphatic rings. The number of sulfonamides is 1. The summed E-state index contributed by atoms with van der Waals surface area (Å²) >= 11 is 0. The topological polar surface area (TPSA) is 115 Å². The minimum absolute atomic E-state index is 0.108. The summed E-state index contributed by atoms with van der Waals surface area (Å²) in [7, 11) is -1.94. The van der Waals surface area contributed by atoms with Crippen LogP contribution in [0.25, 0.3) is 11.0 Å². The molecule has 164 valence electrons. The predicted molar refractivity (Wildman–Crippen MR) is 118 cm³/mol. The molecule has 3 aromatic rings. The van der Waals surface area contributed by atoms with Gasteiger partial charge in [-0.25, -0.2) is 17.9 Å². The highest BCUT2D eigenvalue weighted by atomic mass is 32.2. The van der Waals surface area contributed by atoms with E-state index in [0.29, 0.717) is 16.7 Å². The van der Waals surface area contributed by atoms with Gasteiger partial charge in [0, 0.05) is 18.0 Å². The van der Waals surface area contributed by atoms with Crippen LogP contribution in [-0.4, -0.2) is 27.5 Å². The van der Waals surface area contributed by atoms with Crippen molar-refractivity contribution in [3.05, 3.63) is 75.6 Å². The highest BCUT2D eigenvalue weighted by molar-refractivity contribution is 7.88. The smallest absolute Gasteiger partial charge is 0.349 e. The molecule has 0 saturated carbocycles. The van der Waals surface area contributed by atoms with Crippen LogP contribution in [-0.2, 0) is 22.3 Å². The molecule has 0 aliphatic carbocycles. The van der Waals surface area contributed by atoms with Gasteiger partial charge >= 0.3 is 5.63 Å². The summed E-state index contributed by atoms with van der Waals surface area (Å²) in [5, 5.41) is 3.26. The number of rotatable bonds is 8. The van der Waals surface area contributed by atoms with E-state index in [-0.39, 0.29) is 29.5 Å². The summed E-state index contributed by atoms with van der Waals surface area (Å²) < 4.78 is 37.0. The number of carbonyl (C=O) groups excluding carboxylic acids is 1. The van der Waals surface area contributed by atoms with E-state index in [1.807, 2.05) is 0 Å². The lowest BCUT2D eigenvalue weighted by molar-refractivity contribution is 0.0947. The molecule has 0 atom stereocenters. The van der Waals surface area contributed by atoms with Gasteiger partial charge in [-0.2, -0.15) is 0 Å². The number of nitrogens with one attached hydrogen (secondary N) is 2. The SMILES string of the molecule is COc1cccc2cc(C(=O)NCc3ccc(CS(=O)(=O)NC(C)C)cc3)c(=O)oc12. The molecule has 0 saturated heterocycles. The number of hydrogen-bond acceptors (Lipinski definition) is 6. The minimum atomic E-state index is -3.41. The van der Waals surface area contributed by atoms with Crippen molar-refractivity contribution in [1.29, 1.82) is 0 Å². The van der Waals surface area contributed by atoms with Crippen molar-refractivity contribution in [2.75, 3.05) is 7.11 Å². The molecule has 0 fully saturated rings. The maximum Gasteiger partial charge on any atom is 0.349 e. The number of para-hydroxylation sites is 1. The van der Waals surface area contributed by atoms with Gasteiger partial charge < -0.3 is 14.5 Å². The van der Waals surface area contributed by atoms with Crippen molar-refractivity contribution >= 4 is 26.9 Å². The van der Waals surface area contributed by atoms with Crippen LogP contribution in [0.4, 0.5) is 0 Å². The van der Waals surface area contributed by atoms with E-state index in [1.165, 1.54) is 13.2 Å². The molecule has 8 nitrogen and oxygen atoms in total. The van der Waals surface area contributed by atoms with Gasteiger partial charge in [0.25, 0.3) is 5.91 Å². The first-order chi connectivity index (χ1) is 14.7. The van der Waals surface area contributed by atoms with Crippen LogP contribution in [0.15, 0.2) is 57.7 Å². The molecule has 0 unspecified atom stereocenters. The second kappa shape index (κ2) is 9.32. The monoisotopic (exact) mass is 444 g/mol. The van der Waals surface area contributed by atoms with E-state index in [4.69, 9.17) is 9.15 Å². The zero-order valence-corrected chi connectivity index (χ0v) is 18.3. The van der Waals surface area contributed by atoms with Gasteiger partial charge in [-0.1, -0.05) is 36.4 Å². The van der Waals surface area contributed by atoms with Crippen LogP contribution < -0.4 is 20.4 Å². The van der Waals surface area contributed by atoms with E-state index in [1.54, 1.807) is 56.3 Å². The Morgan fingerprint density at radius 2 is 1.77 bits per heavy atom. The van der Waals surface area contributed by atoms with E-state index in [9.17, 15) is 18.0 Å².